The highest BCUT2D eigenvalue weighted by Gasteiger charge is 2.23. The Hall–Kier alpha value is -0.0600. The Morgan fingerprint density at radius 1 is 1.43 bits per heavy atom. The van der Waals surface area contributed by atoms with E-state index >= 15 is 0 Å². The fourth-order valence-corrected chi connectivity index (χ4v) is 3.03. The van der Waals surface area contributed by atoms with Crippen molar-refractivity contribution in [1.29, 1.82) is 0 Å². The second-order valence-electron chi connectivity index (χ2n) is 3.31. The molecular formula is C10H11Br2NO. The van der Waals surface area contributed by atoms with Crippen LogP contribution in [0.3, 0.4) is 0 Å². The zero-order valence-corrected chi connectivity index (χ0v) is 11.0. The number of rotatable bonds is 2. The summed E-state index contributed by atoms with van der Waals surface area (Å²) in [5.41, 5.74) is 1.22. The van der Waals surface area contributed by atoms with E-state index in [1.54, 1.807) is 7.11 Å². The molecule has 1 aliphatic rings. The predicted molar refractivity (Wildman–Crippen MR) is 63.8 cm³/mol. The van der Waals surface area contributed by atoms with E-state index in [4.69, 9.17) is 4.74 Å². The molecule has 2 nitrogen and oxygen atoms in total. The van der Waals surface area contributed by atoms with Gasteiger partial charge in [0, 0.05) is 16.1 Å². The molecule has 1 aromatic rings. The highest BCUT2D eigenvalue weighted by atomic mass is 79.9. The fraction of sp³-hybridized carbons (Fsp3) is 0.400. The Morgan fingerprint density at radius 2 is 2.14 bits per heavy atom. The van der Waals surface area contributed by atoms with Crippen molar-refractivity contribution in [3.8, 4) is 5.75 Å². The van der Waals surface area contributed by atoms with E-state index in [0.717, 1.165) is 21.2 Å². The molecule has 1 saturated heterocycles. The van der Waals surface area contributed by atoms with Gasteiger partial charge in [-0.3, -0.25) is 0 Å². The molecule has 0 aromatic heterocycles. The fourth-order valence-electron chi connectivity index (χ4n) is 1.61. The highest BCUT2D eigenvalue weighted by Crippen LogP contribution is 2.38. The van der Waals surface area contributed by atoms with Gasteiger partial charge in [0.1, 0.15) is 5.75 Å². The van der Waals surface area contributed by atoms with E-state index in [-0.39, 0.29) is 0 Å². The first-order valence-electron chi connectivity index (χ1n) is 4.48. The molecule has 1 atom stereocenters. The first kappa shape index (κ1) is 10.5. The van der Waals surface area contributed by atoms with Gasteiger partial charge in [-0.2, -0.15) is 0 Å². The lowest BCUT2D eigenvalue weighted by atomic mass is 9.97. The molecule has 0 radical (unpaired) electrons. The zero-order valence-electron chi connectivity index (χ0n) is 7.81. The smallest absolute Gasteiger partial charge is 0.137 e. The van der Waals surface area contributed by atoms with Crippen LogP contribution in [-0.4, -0.2) is 13.7 Å². The Morgan fingerprint density at radius 3 is 2.64 bits per heavy atom. The van der Waals surface area contributed by atoms with E-state index in [1.807, 2.05) is 6.07 Å². The van der Waals surface area contributed by atoms with Crippen LogP contribution in [0.2, 0.25) is 0 Å². The van der Waals surface area contributed by atoms with Gasteiger partial charge in [0.05, 0.1) is 11.6 Å². The van der Waals surface area contributed by atoms with Crippen LogP contribution in [0.15, 0.2) is 21.1 Å². The highest BCUT2D eigenvalue weighted by molar-refractivity contribution is 9.11. The van der Waals surface area contributed by atoms with Gasteiger partial charge in [0.2, 0.25) is 0 Å². The predicted octanol–water partition coefficient (Wildman–Crippen LogP) is 3.25. The van der Waals surface area contributed by atoms with Gasteiger partial charge in [-0.1, -0.05) is 15.9 Å². The molecule has 76 valence electrons. The average Bonchev–Trinajstić information content (AvgIpc) is 1.99. The summed E-state index contributed by atoms with van der Waals surface area (Å²) >= 11 is 6.98. The van der Waals surface area contributed by atoms with Crippen molar-refractivity contribution in [1.82, 2.24) is 5.32 Å². The van der Waals surface area contributed by atoms with Crippen molar-refractivity contribution < 1.29 is 4.74 Å². The number of nitrogens with one attached hydrogen (secondary N) is 1. The summed E-state index contributed by atoms with van der Waals surface area (Å²) in [4.78, 5) is 0. The van der Waals surface area contributed by atoms with Gasteiger partial charge in [0.25, 0.3) is 0 Å². The van der Waals surface area contributed by atoms with Crippen LogP contribution < -0.4 is 10.1 Å². The van der Waals surface area contributed by atoms with Gasteiger partial charge in [0.15, 0.2) is 0 Å². The molecule has 14 heavy (non-hydrogen) atoms. The van der Waals surface area contributed by atoms with Gasteiger partial charge in [-0.05, 0) is 41.0 Å². The van der Waals surface area contributed by atoms with Crippen LogP contribution in [0.4, 0.5) is 0 Å². The van der Waals surface area contributed by atoms with Crippen molar-refractivity contribution in [2.45, 2.75) is 12.5 Å². The summed E-state index contributed by atoms with van der Waals surface area (Å²) in [6, 6.07) is 4.56. The Kier molecular flexibility index (Phi) is 3.14. The normalized spacial score (nSPS) is 20.4. The van der Waals surface area contributed by atoms with Gasteiger partial charge < -0.3 is 10.1 Å². The quantitative estimate of drug-likeness (QED) is 0.903. The monoisotopic (exact) mass is 319 g/mol. The minimum absolute atomic E-state index is 0.443. The first-order valence-corrected chi connectivity index (χ1v) is 6.07. The lowest BCUT2D eigenvalue weighted by Gasteiger charge is -2.29. The SMILES string of the molecule is COc1c(Br)cc(Br)cc1C1CCN1. The van der Waals surface area contributed by atoms with E-state index in [2.05, 4.69) is 43.2 Å². The van der Waals surface area contributed by atoms with Crippen molar-refractivity contribution in [2.24, 2.45) is 0 Å². The Bertz CT molecular complexity index is 350. The van der Waals surface area contributed by atoms with Gasteiger partial charge in [-0.25, -0.2) is 0 Å². The maximum absolute atomic E-state index is 5.38. The molecule has 1 unspecified atom stereocenters. The minimum atomic E-state index is 0.443. The second-order valence-corrected chi connectivity index (χ2v) is 5.08. The number of methoxy groups -OCH3 is 1. The molecule has 0 bridgehead atoms. The third kappa shape index (κ3) is 1.83. The summed E-state index contributed by atoms with van der Waals surface area (Å²) < 4.78 is 7.46. The molecule has 0 amide bonds. The Balaban J connectivity index is 2.44. The average molecular weight is 321 g/mol. The lowest BCUT2D eigenvalue weighted by molar-refractivity contribution is 0.352. The van der Waals surface area contributed by atoms with Crippen LogP contribution in [-0.2, 0) is 0 Å². The first-order chi connectivity index (χ1) is 6.72. The van der Waals surface area contributed by atoms with Crippen LogP contribution in [0.25, 0.3) is 0 Å². The van der Waals surface area contributed by atoms with Crippen LogP contribution in [0.5, 0.6) is 5.75 Å². The molecular weight excluding hydrogens is 310 g/mol. The zero-order chi connectivity index (χ0) is 10.1. The van der Waals surface area contributed by atoms with Crippen LogP contribution in [0, 0.1) is 0 Å². The summed E-state index contributed by atoms with van der Waals surface area (Å²) in [7, 11) is 1.70. The largest absolute Gasteiger partial charge is 0.495 e. The standard InChI is InChI=1S/C10H11Br2NO/c1-14-10-7(9-2-3-13-9)4-6(11)5-8(10)12/h4-5,9,13H,2-3H2,1H3. The van der Waals surface area contributed by atoms with Crippen molar-refractivity contribution in [3.05, 3.63) is 26.6 Å². The second kappa shape index (κ2) is 4.21. The minimum Gasteiger partial charge on any atom is -0.495 e. The summed E-state index contributed by atoms with van der Waals surface area (Å²) in [5.74, 6) is 0.936. The number of halogens is 2. The molecule has 4 heteroatoms. The van der Waals surface area contributed by atoms with Crippen molar-refractivity contribution in [2.75, 3.05) is 13.7 Å². The summed E-state index contributed by atoms with van der Waals surface area (Å²) in [5, 5.41) is 3.37. The van der Waals surface area contributed by atoms with Gasteiger partial charge >= 0.3 is 0 Å². The van der Waals surface area contributed by atoms with E-state index in [1.165, 1.54) is 12.0 Å². The topological polar surface area (TPSA) is 21.3 Å². The Labute approximate surface area is 100 Å². The molecule has 1 aromatic carbocycles. The molecule has 1 fully saturated rings. The number of hydrogen-bond donors (Lipinski definition) is 1. The van der Waals surface area contributed by atoms with Crippen molar-refractivity contribution >= 4 is 31.9 Å². The third-order valence-corrected chi connectivity index (χ3v) is 3.49. The molecule has 0 saturated carbocycles. The van der Waals surface area contributed by atoms with E-state index in [0.29, 0.717) is 6.04 Å². The van der Waals surface area contributed by atoms with Gasteiger partial charge in [-0.15, -0.1) is 0 Å². The maximum Gasteiger partial charge on any atom is 0.137 e. The molecule has 1 aliphatic heterocycles. The van der Waals surface area contributed by atoms with E-state index < -0.39 is 0 Å². The molecule has 2 rings (SSSR count). The molecule has 0 aliphatic carbocycles. The molecule has 1 heterocycles. The van der Waals surface area contributed by atoms with Crippen LogP contribution >= 0.6 is 31.9 Å². The van der Waals surface area contributed by atoms with E-state index in [9.17, 15) is 0 Å². The third-order valence-electron chi connectivity index (χ3n) is 2.44. The number of hydrogen-bond acceptors (Lipinski definition) is 2. The molecule has 1 N–H and O–H groups in total. The van der Waals surface area contributed by atoms with Crippen LogP contribution in [0.1, 0.15) is 18.0 Å². The molecule has 0 spiro atoms. The van der Waals surface area contributed by atoms with Crippen molar-refractivity contribution in [3.63, 3.8) is 0 Å². The maximum atomic E-state index is 5.38. The summed E-state index contributed by atoms with van der Waals surface area (Å²) in [6.45, 7) is 1.10. The number of benzene rings is 1. The summed E-state index contributed by atoms with van der Waals surface area (Å²) in [6.07, 6.45) is 1.18. The lowest BCUT2D eigenvalue weighted by Crippen LogP contribution is -2.35. The number of ether oxygens (including phenoxy) is 1.